The number of benzene rings is 2. The van der Waals surface area contributed by atoms with E-state index in [1.807, 2.05) is 54.6 Å². The van der Waals surface area contributed by atoms with E-state index in [1.165, 1.54) is 0 Å². The Hall–Kier alpha value is -2.22. The Balaban J connectivity index is 2.31. The number of hydrogen-bond acceptors (Lipinski definition) is 2. The summed E-state index contributed by atoms with van der Waals surface area (Å²) in [5.41, 5.74) is 2.09. The van der Waals surface area contributed by atoms with Gasteiger partial charge >= 0.3 is 0 Å². The highest BCUT2D eigenvalue weighted by atomic mass is 17.2. The van der Waals surface area contributed by atoms with Crippen LogP contribution in [0, 0.1) is 0 Å². The van der Waals surface area contributed by atoms with Crippen molar-refractivity contribution in [1.82, 2.24) is 0 Å². The molecule has 0 radical (unpaired) electrons. The van der Waals surface area contributed by atoms with Crippen LogP contribution in [0.2, 0.25) is 0 Å². The minimum absolute atomic E-state index is 0.521. The molecule has 0 N–H and O–H groups in total. The monoisotopic (exact) mass is 226 g/mol. The summed E-state index contributed by atoms with van der Waals surface area (Å²) >= 11 is 0. The van der Waals surface area contributed by atoms with Crippen molar-refractivity contribution in [2.24, 2.45) is 0 Å². The standard InChI is InChI=1S/C15H14O2/c1-12(2)16-17-15-11-7-6-10-14(15)13-8-4-3-5-9-13/h3-11H,1H2,2H3. The number of hydrogen-bond donors (Lipinski definition) is 0. The van der Waals surface area contributed by atoms with Crippen molar-refractivity contribution in [3.05, 3.63) is 66.9 Å². The van der Waals surface area contributed by atoms with Gasteiger partial charge in [-0.15, -0.1) is 0 Å². The molecule has 0 spiro atoms. The van der Waals surface area contributed by atoms with Crippen LogP contribution in [0.5, 0.6) is 5.75 Å². The SMILES string of the molecule is C=C(C)OOc1ccccc1-c1ccccc1. The van der Waals surface area contributed by atoms with E-state index >= 15 is 0 Å². The first-order chi connectivity index (χ1) is 8.27. The third-order valence-electron chi connectivity index (χ3n) is 2.25. The Morgan fingerprint density at radius 2 is 1.59 bits per heavy atom. The van der Waals surface area contributed by atoms with Gasteiger partial charge in [-0.3, -0.25) is 9.78 Å². The van der Waals surface area contributed by atoms with Gasteiger partial charge in [0.2, 0.25) is 0 Å². The van der Waals surface area contributed by atoms with Crippen LogP contribution in [0.25, 0.3) is 11.1 Å². The zero-order valence-electron chi connectivity index (χ0n) is 9.72. The highest BCUT2D eigenvalue weighted by Crippen LogP contribution is 2.29. The first-order valence-electron chi connectivity index (χ1n) is 5.42. The number of allylic oxidation sites excluding steroid dienone is 1. The smallest absolute Gasteiger partial charge is 0.186 e. The Morgan fingerprint density at radius 3 is 2.29 bits per heavy atom. The third-order valence-corrected chi connectivity index (χ3v) is 2.25. The predicted molar refractivity (Wildman–Crippen MR) is 68.4 cm³/mol. The van der Waals surface area contributed by atoms with E-state index in [4.69, 9.17) is 9.78 Å². The molecule has 0 saturated heterocycles. The van der Waals surface area contributed by atoms with Crippen molar-refractivity contribution in [2.75, 3.05) is 0 Å². The largest absolute Gasteiger partial charge is 0.295 e. The molecular weight excluding hydrogens is 212 g/mol. The molecule has 0 aliphatic carbocycles. The Kier molecular flexibility index (Phi) is 3.46. The topological polar surface area (TPSA) is 18.5 Å². The summed E-state index contributed by atoms with van der Waals surface area (Å²) in [5, 5.41) is 0. The van der Waals surface area contributed by atoms with Crippen molar-refractivity contribution < 1.29 is 9.78 Å². The third kappa shape index (κ3) is 2.88. The molecular formula is C15H14O2. The van der Waals surface area contributed by atoms with Gasteiger partial charge in [0.1, 0.15) is 5.76 Å². The molecule has 0 heterocycles. The highest BCUT2D eigenvalue weighted by Gasteiger charge is 2.06. The molecule has 2 rings (SSSR count). The van der Waals surface area contributed by atoms with Crippen LogP contribution in [0.1, 0.15) is 6.92 Å². The maximum atomic E-state index is 5.25. The van der Waals surface area contributed by atoms with Gasteiger partial charge in [-0.25, -0.2) is 0 Å². The van der Waals surface area contributed by atoms with Crippen LogP contribution in [-0.4, -0.2) is 0 Å². The Bertz CT molecular complexity index is 503. The predicted octanol–water partition coefficient (Wildman–Crippen LogP) is 4.20. The lowest BCUT2D eigenvalue weighted by Gasteiger charge is -2.09. The number of rotatable bonds is 4. The summed E-state index contributed by atoms with van der Waals surface area (Å²) in [4.78, 5) is 10.2. The lowest BCUT2D eigenvalue weighted by molar-refractivity contribution is -0.164. The molecule has 2 aromatic rings. The average Bonchev–Trinajstić information content (AvgIpc) is 2.38. The van der Waals surface area contributed by atoms with Crippen molar-refractivity contribution in [3.8, 4) is 16.9 Å². The van der Waals surface area contributed by atoms with Gasteiger partial charge in [0.15, 0.2) is 5.75 Å². The fourth-order valence-corrected chi connectivity index (χ4v) is 1.51. The van der Waals surface area contributed by atoms with Crippen molar-refractivity contribution in [2.45, 2.75) is 6.92 Å². The molecule has 0 unspecified atom stereocenters. The van der Waals surface area contributed by atoms with Gasteiger partial charge in [0, 0.05) is 5.56 Å². The van der Waals surface area contributed by atoms with Gasteiger partial charge in [-0.05, 0) is 18.6 Å². The molecule has 0 bridgehead atoms. The molecule has 0 atom stereocenters. The molecule has 0 aliphatic heterocycles. The number of para-hydroxylation sites is 1. The normalized spacial score (nSPS) is 9.71. The second kappa shape index (κ2) is 5.21. The Morgan fingerprint density at radius 1 is 0.941 bits per heavy atom. The summed E-state index contributed by atoms with van der Waals surface area (Å²) < 4.78 is 0. The van der Waals surface area contributed by atoms with E-state index in [-0.39, 0.29) is 0 Å². The Labute approximate surface area is 101 Å². The van der Waals surface area contributed by atoms with Crippen LogP contribution in [0.3, 0.4) is 0 Å². The van der Waals surface area contributed by atoms with E-state index < -0.39 is 0 Å². The van der Waals surface area contributed by atoms with Gasteiger partial charge in [-0.2, -0.15) is 0 Å². The molecule has 17 heavy (non-hydrogen) atoms. The molecule has 0 aliphatic rings. The summed E-state index contributed by atoms with van der Waals surface area (Å²) in [5.74, 6) is 1.20. The van der Waals surface area contributed by atoms with Gasteiger partial charge in [0.05, 0.1) is 0 Å². The molecule has 0 saturated carbocycles. The minimum atomic E-state index is 0.521. The lowest BCUT2D eigenvalue weighted by Crippen LogP contribution is -1.95. The molecule has 0 amide bonds. The van der Waals surface area contributed by atoms with E-state index in [0.29, 0.717) is 11.5 Å². The summed E-state index contributed by atoms with van der Waals surface area (Å²) in [6, 6.07) is 17.8. The maximum absolute atomic E-state index is 5.25. The van der Waals surface area contributed by atoms with Crippen LogP contribution in [0.4, 0.5) is 0 Å². The van der Waals surface area contributed by atoms with E-state index in [0.717, 1.165) is 11.1 Å². The van der Waals surface area contributed by atoms with E-state index in [1.54, 1.807) is 6.92 Å². The van der Waals surface area contributed by atoms with E-state index in [9.17, 15) is 0 Å². The highest BCUT2D eigenvalue weighted by molar-refractivity contribution is 5.70. The lowest BCUT2D eigenvalue weighted by atomic mass is 10.1. The zero-order valence-corrected chi connectivity index (χ0v) is 9.72. The van der Waals surface area contributed by atoms with Crippen molar-refractivity contribution in [1.29, 1.82) is 0 Å². The average molecular weight is 226 g/mol. The van der Waals surface area contributed by atoms with Crippen LogP contribution in [0.15, 0.2) is 66.9 Å². The van der Waals surface area contributed by atoms with Crippen LogP contribution >= 0.6 is 0 Å². The molecule has 86 valence electrons. The molecule has 0 fully saturated rings. The van der Waals surface area contributed by atoms with Crippen LogP contribution in [-0.2, 0) is 4.89 Å². The van der Waals surface area contributed by atoms with E-state index in [2.05, 4.69) is 6.58 Å². The summed E-state index contributed by atoms with van der Waals surface area (Å²) in [6.07, 6.45) is 0. The molecule has 2 heteroatoms. The molecule has 2 nitrogen and oxygen atoms in total. The van der Waals surface area contributed by atoms with Gasteiger partial charge in [-0.1, -0.05) is 55.1 Å². The van der Waals surface area contributed by atoms with Gasteiger partial charge in [0.25, 0.3) is 0 Å². The maximum Gasteiger partial charge on any atom is 0.186 e. The fourth-order valence-electron chi connectivity index (χ4n) is 1.51. The summed E-state index contributed by atoms with van der Waals surface area (Å²) in [6.45, 7) is 5.37. The van der Waals surface area contributed by atoms with Crippen LogP contribution < -0.4 is 4.89 Å². The zero-order chi connectivity index (χ0) is 12.1. The van der Waals surface area contributed by atoms with Crippen molar-refractivity contribution >= 4 is 0 Å². The first-order valence-corrected chi connectivity index (χ1v) is 5.42. The van der Waals surface area contributed by atoms with Gasteiger partial charge < -0.3 is 0 Å². The second-order valence-electron chi connectivity index (χ2n) is 3.73. The fraction of sp³-hybridized carbons (Fsp3) is 0.0667. The molecule has 0 aromatic heterocycles. The quantitative estimate of drug-likeness (QED) is 0.442. The second-order valence-corrected chi connectivity index (χ2v) is 3.73. The summed E-state index contributed by atoms with van der Waals surface area (Å²) in [7, 11) is 0. The first kappa shape index (κ1) is 11.3. The minimum Gasteiger partial charge on any atom is -0.295 e. The van der Waals surface area contributed by atoms with Crippen molar-refractivity contribution in [3.63, 3.8) is 0 Å². The molecule has 2 aromatic carbocycles.